The van der Waals surface area contributed by atoms with Crippen molar-refractivity contribution < 1.29 is 18.0 Å². The van der Waals surface area contributed by atoms with Crippen LogP contribution in [0, 0.1) is 18.8 Å². The molecule has 1 aromatic carbocycles. The van der Waals surface area contributed by atoms with Gasteiger partial charge in [0.1, 0.15) is 0 Å². The highest BCUT2D eigenvalue weighted by atomic mass is 32.2. The number of sulfonamides is 1. The molecule has 2 unspecified atom stereocenters. The summed E-state index contributed by atoms with van der Waals surface area (Å²) in [5.41, 5.74) is 1.00. The second kappa shape index (κ2) is 6.83. The summed E-state index contributed by atoms with van der Waals surface area (Å²) >= 11 is 0. The predicted molar refractivity (Wildman–Crippen MR) is 102 cm³/mol. The highest BCUT2D eigenvalue weighted by molar-refractivity contribution is 7.92. The number of benzene rings is 1. The normalized spacial score (nSPS) is 21.7. The lowest BCUT2D eigenvalue weighted by atomic mass is 9.85. The molecule has 1 N–H and O–H groups in total. The molecule has 2 amide bonds. The van der Waals surface area contributed by atoms with E-state index in [1.54, 1.807) is 13.0 Å². The standard InChI is InChI=1S/C19H18N4O4S/c1-12-10-11-20-19(21-12)22-28(26,27)14-8-6-13(7-9-14)23-17(24)15-4-2-3-5-16(15)18(23)25/h2-3,6-11,15-16H,4-5H2,1H3,(H,20,21,22). The van der Waals surface area contributed by atoms with E-state index >= 15 is 0 Å². The van der Waals surface area contributed by atoms with Gasteiger partial charge in [0, 0.05) is 11.9 Å². The largest absolute Gasteiger partial charge is 0.274 e. The van der Waals surface area contributed by atoms with Gasteiger partial charge < -0.3 is 0 Å². The van der Waals surface area contributed by atoms with Crippen molar-refractivity contribution in [2.24, 2.45) is 11.8 Å². The molecule has 0 saturated carbocycles. The number of nitrogens with zero attached hydrogens (tertiary/aromatic N) is 3. The summed E-state index contributed by atoms with van der Waals surface area (Å²) < 4.78 is 27.4. The smallest absolute Gasteiger partial charge is 0.264 e. The average Bonchev–Trinajstić information content (AvgIpc) is 2.93. The molecule has 2 atom stereocenters. The van der Waals surface area contributed by atoms with E-state index in [4.69, 9.17) is 0 Å². The molecular formula is C19H18N4O4S. The van der Waals surface area contributed by atoms with E-state index in [1.165, 1.54) is 30.5 Å². The number of carbonyl (C=O) groups excluding carboxylic acids is 2. The number of hydrogen-bond acceptors (Lipinski definition) is 6. The highest BCUT2D eigenvalue weighted by Gasteiger charge is 2.47. The fourth-order valence-corrected chi connectivity index (χ4v) is 4.46. The van der Waals surface area contributed by atoms with Crippen molar-refractivity contribution in [3.05, 3.63) is 54.4 Å². The van der Waals surface area contributed by atoms with E-state index in [9.17, 15) is 18.0 Å². The lowest BCUT2D eigenvalue weighted by molar-refractivity contribution is -0.122. The quantitative estimate of drug-likeness (QED) is 0.623. The number of aromatic nitrogens is 2. The summed E-state index contributed by atoms with van der Waals surface area (Å²) in [6.07, 6.45) is 6.41. The van der Waals surface area contributed by atoms with Gasteiger partial charge in [0.15, 0.2) is 0 Å². The third-order valence-corrected chi connectivity index (χ3v) is 6.28. The molecule has 144 valence electrons. The number of aryl methyl sites for hydroxylation is 1. The molecule has 2 heterocycles. The van der Waals surface area contributed by atoms with E-state index < -0.39 is 10.0 Å². The lowest BCUT2D eigenvalue weighted by Gasteiger charge is -2.15. The molecule has 0 bridgehead atoms. The molecule has 4 rings (SSSR count). The fourth-order valence-electron chi connectivity index (χ4n) is 3.51. The molecule has 1 saturated heterocycles. The molecule has 2 aromatic rings. The zero-order valence-electron chi connectivity index (χ0n) is 15.1. The molecule has 1 aliphatic heterocycles. The molecule has 2 aliphatic rings. The fraction of sp³-hybridized carbons (Fsp3) is 0.263. The van der Waals surface area contributed by atoms with Crippen LogP contribution in [0.25, 0.3) is 0 Å². The van der Waals surface area contributed by atoms with Crippen molar-refractivity contribution in [2.75, 3.05) is 9.62 Å². The molecule has 0 spiro atoms. The lowest BCUT2D eigenvalue weighted by Crippen LogP contribution is -2.30. The van der Waals surface area contributed by atoms with E-state index in [2.05, 4.69) is 14.7 Å². The Balaban J connectivity index is 1.57. The minimum absolute atomic E-state index is 0.0143. The van der Waals surface area contributed by atoms with Gasteiger partial charge in [-0.15, -0.1) is 0 Å². The van der Waals surface area contributed by atoms with Crippen molar-refractivity contribution >= 4 is 33.5 Å². The van der Waals surface area contributed by atoms with Gasteiger partial charge in [-0.2, -0.15) is 0 Å². The SMILES string of the molecule is Cc1ccnc(NS(=O)(=O)c2ccc(N3C(=O)C4CC=CCC4C3=O)cc2)n1. The van der Waals surface area contributed by atoms with Crippen molar-refractivity contribution in [2.45, 2.75) is 24.7 Å². The Morgan fingerprint density at radius 1 is 1.00 bits per heavy atom. The summed E-state index contributed by atoms with van der Waals surface area (Å²) in [7, 11) is -3.89. The maximum Gasteiger partial charge on any atom is 0.264 e. The first-order valence-corrected chi connectivity index (χ1v) is 10.3. The maximum atomic E-state index is 12.6. The molecule has 0 radical (unpaired) electrons. The number of rotatable bonds is 4. The minimum atomic E-state index is -3.89. The molecule has 1 aromatic heterocycles. The third-order valence-electron chi connectivity index (χ3n) is 4.93. The summed E-state index contributed by atoms with van der Waals surface area (Å²) in [6.45, 7) is 1.73. The number of carbonyl (C=O) groups is 2. The number of fused-ring (bicyclic) bond motifs is 1. The molecule has 9 heteroatoms. The van der Waals surface area contributed by atoms with Gasteiger partial charge in [0.05, 0.1) is 22.4 Å². The van der Waals surface area contributed by atoms with Crippen LogP contribution in [0.1, 0.15) is 18.5 Å². The zero-order valence-corrected chi connectivity index (χ0v) is 15.9. The van der Waals surface area contributed by atoms with Gasteiger partial charge in [-0.1, -0.05) is 12.2 Å². The summed E-state index contributed by atoms with van der Waals surface area (Å²) in [6, 6.07) is 7.30. The number of amides is 2. The first-order chi connectivity index (χ1) is 13.4. The van der Waals surface area contributed by atoms with Crippen LogP contribution in [0.15, 0.2) is 53.6 Å². The highest BCUT2D eigenvalue weighted by Crippen LogP contribution is 2.37. The summed E-state index contributed by atoms with van der Waals surface area (Å²) in [5, 5.41) is 0. The summed E-state index contributed by atoms with van der Waals surface area (Å²) in [5.74, 6) is -1.16. The van der Waals surface area contributed by atoms with Crippen molar-refractivity contribution in [1.29, 1.82) is 0 Å². The molecule has 1 fully saturated rings. The number of allylic oxidation sites excluding steroid dienone is 2. The van der Waals surface area contributed by atoms with Crippen LogP contribution in [-0.4, -0.2) is 30.2 Å². The first-order valence-electron chi connectivity index (χ1n) is 8.82. The van der Waals surface area contributed by atoms with Crippen molar-refractivity contribution in [3.63, 3.8) is 0 Å². The van der Waals surface area contributed by atoms with Crippen LogP contribution in [0.3, 0.4) is 0 Å². The van der Waals surface area contributed by atoms with Crippen LogP contribution in [0.5, 0.6) is 0 Å². The number of imide groups is 1. The number of hydrogen-bond donors (Lipinski definition) is 1. The van der Waals surface area contributed by atoms with Crippen molar-refractivity contribution in [1.82, 2.24) is 9.97 Å². The Labute approximate surface area is 162 Å². The van der Waals surface area contributed by atoms with E-state index in [0.29, 0.717) is 24.2 Å². The number of nitrogens with one attached hydrogen (secondary N) is 1. The second-order valence-electron chi connectivity index (χ2n) is 6.79. The minimum Gasteiger partial charge on any atom is -0.274 e. The van der Waals surface area contributed by atoms with E-state index in [-0.39, 0.29) is 34.5 Å². The van der Waals surface area contributed by atoms with Gasteiger partial charge in [0.25, 0.3) is 10.0 Å². The Morgan fingerprint density at radius 3 is 2.18 bits per heavy atom. The van der Waals surface area contributed by atoms with Gasteiger partial charge >= 0.3 is 0 Å². The van der Waals surface area contributed by atoms with Crippen LogP contribution in [-0.2, 0) is 19.6 Å². The van der Waals surface area contributed by atoms with Gasteiger partial charge in [-0.3, -0.25) is 14.5 Å². The Kier molecular flexibility index (Phi) is 4.46. The average molecular weight is 398 g/mol. The van der Waals surface area contributed by atoms with Crippen molar-refractivity contribution in [3.8, 4) is 0 Å². The molecule has 28 heavy (non-hydrogen) atoms. The molecule has 1 aliphatic carbocycles. The number of anilines is 2. The van der Waals surface area contributed by atoms with Crippen LogP contribution in [0.4, 0.5) is 11.6 Å². The van der Waals surface area contributed by atoms with Gasteiger partial charge in [-0.25, -0.2) is 23.1 Å². The topological polar surface area (TPSA) is 109 Å². The molecule has 8 nitrogen and oxygen atoms in total. The van der Waals surface area contributed by atoms with Gasteiger partial charge in [-0.05, 0) is 50.1 Å². The van der Waals surface area contributed by atoms with Crippen LogP contribution in [0.2, 0.25) is 0 Å². The first kappa shape index (κ1) is 18.3. The zero-order chi connectivity index (χ0) is 19.9. The van der Waals surface area contributed by atoms with E-state index in [1.807, 2.05) is 12.2 Å². The second-order valence-corrected chi connectivity index (χ2v) is 8.47. The van der Waals surface area contributed by atoms with Crippen LogP contribution < -0.4 is 9.62 Å². The van der Waals surface area contributed by atoms with Crippen LogP contribution >= 0.6 is 0 Å². The third kappa shape index (κ3) is 3.18. The Bertz CT molecular complexity index is 1050. The molecular weight excluding hydrogens is 380 g/mol. The Morgan fingerprint density at radius 2 is 1.61 bits per heavy atom. The Hall–Kier alpha value is -3.07. The maximum absolute atomic E-state index is 12.6. The predicted octanol–water partition coefficient (Wildman–Crippen LogP) is 2.04. The summed E-state index contributed by atoms with van der Waals surface area (Å²) in [4.78, 5) is 34.3. The monoisotopic (exact) mass is 398 g/mol. The van der Waals surface area contributed by atoms with E-state index in [0.717, 1.165) is 4.90 Å². The van der Waals surface area contributed by atoms with Gasteiger partial charge in [0.2, 0.25) is 17.8 Å².